The Kier molecular flexibility index (Phi) is 8.08. The van der Waals surface area contributed by atoms with Crippen molar-refractivity contribution in [3.8, 4) is 0 Å². The fraction of sp³-hybridized carbons (Fsp3) is 0.579. The molecule has 0 amide bonds. The summed E-state index contributed by atoms with van der Waals surface area (Å²) in [5.74, 6) is -1.01. The third-order valence-electron chi connectivity index (χ3n) is 4.34. The molecule has 24 heavy (non-hydrogen) atoms. The van der Waals surface area contributed by atoms with Crippen LogP contribution in [0.2, 0.25) is 0 Å². The Hall–Kier alpha value is -1.72. The number of Topliss-reactive ketones (excluding diaryl/α,β-unsaturated/α-hetero) is 1. The predicted octanol–water partition coefficient (Wildman–Crippen LogP) is 2.41. The van der Waals surface area contributed by atoms with Gasteiger partial charge in [0, 0.05) is 6.42 Å². The van der Waals surface area contributed by atoms with E-state index in [9.17, 15) is 19.8 Å². The summed E-state index contributed by atoms with van der Waals surface area (Å²) in [6.07, 6.45) is 0.551. The molecule has 0 spiro atoms. The molecule has 1 aromatic carbocycles. The van der Waals surface area contributed by atoms with Crippen LogP contribution in [0.4, 0.5) is 0 Å². The number of hydrogen-bond acceptors (Lipinski definition) is 5. The summed E-state index contributed by atoms with van der Waals surface area (Å²) in [5.41, 5.74) is 0.588. The Balaban J connectivity index is 2.74. The molecule has 1 unspecified atom stereocenters. The smallest absolute Gasteiger partial charge is 0.313 e. The molecule has 134 valence electrons. The van der Waals surface area contributed by atoms with E-state index in [0.29, 0.717) is 12.8 Å². The number of aliphatic hydroxyl groups is 2. The van der Waals surface area contributed by atoms with Crippen LogP contribution in [-0.2, 0) is 27.4 Å². The van der Waals surface area contributed by atoms with Crippen LogP contribution in [0.15, 0.2) is 24.3 Å². The largest absolute Gasteiger partial charge is 0.466 e. The van der Waals surface area contributed by atoms with E-state index >= 15 is 0 Å². The van der Waals surface area contributed by atoms with E-state index in [4.69, 9.17) is 4.74 Å². The summed E-state index contributed by atoms with van der Waals surface area (Å²) < 4.78 is 4.78. The molecular weight excluding hydrogens is 308 g/mol. The second-order valence-corrected chi connectivity index (χ2v) is 6.38. The van der Waals surface area contributed by atoms with Gasteiger partial charge in [-0.15, -0.1) is 0 Å². The first kappa shape index (κ1) is 20.3. The van der Waals surface area contributed by atoms with Crippen molar-refractivity contribution in [1.29, 1.82) is 0 Å². The first-order chi connectivity index (χ1) is 11.3. The highest BCUT2D eigenvalue weighted by Gasteiger charge is 2.34. The lowest BCUT2D eigenvalue weighted by Crippen LogP contribution is -2.38. The topological polar surface area (TPSA) is 83.8 Å². The van der Waals surface area contributed by atoms with Crippen molar-refractivity contribution in [1.82, 2.24) is 0 Å². The number of ketones is 1. The van der Waals surface area contributed by atoms with Crippen LogP contribution in [0, 0.1) is 5.92 Å². The average Bonchev–Trinajstić information content (AvgIpc) is 2.53. The van der Waals surface area contributed by atoms with Gasteiger partial charge in [-0.3, -0.25) is 9.59 Å². The minimum Gasteiger partial charge on any atom is -0.466 e. The maximum absolute atomic E-state index is 12.1. The number of benzene rings is 1. The number of rotatable bonds is 10. The summed E-state index contributed by atoms with van der Waals surface area (Å²) in [6.45, 7) is 5.58. The zero-order valence-electron chi connectivity index (χ0n) is 14.7. The van der Waals surface area contributed by atoms with Crippen LogP contribution in [0.25, 0.3) is 0 Å². The molecule has 1 aromatic rings. The number of hydrogen-bond donors (Lipinski definition) is 2. The summed E-state index contributed by atoms with van der Waals surface area (Å²) in [5, 5.41) is 20.3. The fourth-order valence-electron chi connectivity index (χ4n) is 2.66. The van der Waals surface area contributed by atoms with E-state index in [1.165, 1.54) is 0 Å². The number of carbonyl (C=O) groups is 2. The molecule has 0 saturated heterocycles. The van der Waals surface area contributed by atoms with Crippen LogP contribution in [0.3, 0.4) is 0 Å². The quantitative estimate of drug-likeness (QED) is 0.506. The highest BCUT2D eigenvalue weighted by molar-refractivity contribution is 5.95. The summed E-state index contributed by atoms with van der Waals surface area (Å²) in [6, 6.07) is 7.49. The molecule has 0 aliphatic rings. The lowest BCUT2D eigenvalue weighted by Gasteiger charge is -2.32. The molecule has 0 heterocycles. The second kappa shape index (κ2) is 9.55. The Bertz CT molecular complexity index is 552. The van der Waals surface area contributed by atoms with Gasteiger partial charge in [0.1, 0.15) is 12.2 Å². The van der Waals surface area contributed by atoms with E-state index in [1.807, 2.05) is 38.1 Å². The van der Waals surface area contributed by atoms with Gasteiger partial charge >= 0.3 is 5.97 Å². The number of aryl methyl sites for hydroxylation is 1. The summed E-state index contributed by atoms with van der Waals surface area (Å²) in [4.78, 5) is 23.5. The van der Waals surface area contributed by atoms with Gasteiger partial charge in [-0.25, -0.2) is 0 Å². The average molecular weight is 336 g/mol. The molecule has 0 aliphatic heterocycles. The Labute approximate surface area is 143 Å². The first-order valence-corrected chi connectivity index (χ1v) is 8.39. The number of carbonyl (C=O) groups excluding carboxylic acids is 2. The second-order valence-electron chi connectivity index (χ2n) is 6.38. The SMILES string of the molecule is CCOC(=O)CC(=O)CC(O)(CCc1ccccc1CO)C(C)C. The van der Waals surface area contributed by atoms with Gasteiger partial charge in [-0.2, -0.15) is 0 Å². The van der Waals surface area contributed by atoms with E-state index in [0.717, 1.165) is 11.1 Å². The highest BCUT2D eigenvalue weighted by atomic mass is 16.5. The number of esters is 1. The Morgan fingerprint density at radius 2 is 1.83 bits per heavy atom. The van der Waals surface area contributed by atoms with Gasteiger partial charge < -0.3 is 14.9 Å². The van der Waals surface area contributed by atoms with Gasteiger partial charge in [0.2, 0.25) is 0 Å². The van der Waals surface area contributed by atoms with Crippen molar-refractivity contribution >= 4 is 11.8 Å². The minimum absolute atomic E-state index is 0.0575. The van der Waals surface area contributed by atoms with Crippen molar-refractivity contribution in [2.45, 2.75) is 58.7 Å². The molecule has 2 N–H and O–H groups in total. The zero-order valence-corrected chi connectivity index (χ0v) is 14.7. The van der Waals surface area contributed by atoms with Gasteiger partial charge in [0.15, 0.2) is 0 Å². The number of ether oxygens (including phenoxy) is 1. The van der Waals surface area contributed by atoms with Crippen molar-refractivity contribution < 1.29 is 24.5 Å². The molecule has 5 heteroatoms. The molecule has 0 bridgehead atoms. The summed E-state index contributed by atoms with van der Waals surface area (Å²) in [7, 11) is 0. The first-order valence-electron chi connectivity index (χ1n) is 8.39. The van der Waals surface area contributed by atoms with Crippen LogP contribution in [-0.4, -0.2) is 34.2 Å². The molecule has 0 saturated carbocycles. The van der Waals surface area contributed by atoms with Crippen molar-refractivity contribution in [2.24, 2.45) is 5.92 Å². The molecule has 5 nitrogen and oxygen atoms in total. The van der Waals surface area contributed by atoms with Crippen molar-refractivity contribution in [3.63, 3.8) is 0 Å². The van der Waals surface area contributed by atoms with Crippen LogP contribution >= 0.6 is 0 Å². The normalized spacial score (nSPS) is 13.6. The third-order valence-corrected chi connectivity index (χ3v) is 4.34. The van der Waals surface area contributed by atoms with E-state index in [2.05, 4.69) is 0 Å². The molecule has 0 radical (unpaired) electrons. The van der Waals surface area contributed by atoms with Gasteiger partial charge in [0.05, 0.1) is 18.8 Å². The monoisotopic (exact) mass is 336 g/mol. The van der Waals surface area contributed by atoms with Crippen LogP contribution in [0.5, 0.6) is 0 Å². The standard InChI is InChI=1S/C19H28O5/c1-4-24-18(22)11-17(21)12-19(23,14(2)3)10-9-15-7-5-6-8-16(15)13-20/h5-8,14,20,23H,4,9-13H2,1-3H3. The van der Waals surface area contributed by atoms with Crippen molar-refractivity contribution in [2.75, 3.05) is 6.61 Å². The molecule has 0 aromatic heterocycles. The zero-order chi connectivity index (χ0) is 18.2. The van der Waals surface area contributed by atoms with Crippen LogP contribution in [0.1, 0.15) is 51.2 Å². The van der Waals surface area contributed by atoms with E-state index in [-0.39, 0.29) is 37.8 Å². The van der Waals surface area contributed by atoms with E-state index in [1.54, 1.807) is 6.92 Å². The summed E-state index contributed by atoms with van der Waals surface area (Å²) >= 11 is 0. The lowest BCUT2D eigenvalue weighted by molar-refractivity contribution is -0.146. The third kappa shape index (κ3) is 6.06. The molecular formula is C19H28O5. The fourth-order valence-corrected chi connectivity index (χ4v) is 2.66. The maximum Gasteiger partial charge on any atom is 0.313 e. The Morgan fingerprint density at radius 1 is 1.21 bits per heavy atom. The molecule has 0 aliphatic carbocycles. The molecule has 0 fully saturated rings. The minimum atomic E-state index is -1.19. The van der Waals surface area contributed by atoms with Crippen molar-refractivity contribution in [3.05, 3.63) is 35.4 Å². The van der Waals surface area contributed by atoms with Gasteiger partial charge in [-0.1, -0.05) is 38.1 Å². The highest BCUT2D eigenvalue weighted by Crippen LogP contribution is 2.28. The van der Waals surface area contributed by atoms with Gasteiger partial charge in [0.25, 0.3) is 0 Å². The molecule has 1 atom stereocenters. The lowest BCUT2D eigenvalue weighted by atomic mass is 9.80. The van der Waals surface area contributed by atoms with E-state index < -0.39 is 11.6 Å². The van der Waals surface area contributed by atoms with Gasteiger partial charge in [-0.05, 0) is 36.8 Å². The maximum atomic E-state index is 12.1. The number of aliphatic hydroxyl groups excluding tert-OH is 1. The predicted molar refractivity (Wildman–Crippen MR) is 91.3 cm³/mol. The van der Waals surface area contributed by atoms with Crippen LogP contribution < -0.4 is 0 Å². The Morgan fingerprint density at radius 3 is 2.38 bits per heavy atom. The molecule has 1 rings (SSSR count).